The lowest BCUT2D eigenvalue weighted by molar-refractivity contribution is 0.219. The molecule has 0 fully saturated rings. The lowest BCUT2D eigenvalue weighted by Gasteiger charge is -2.07. The summed E-state index contributed by atoms with van der Waals surface area (Å²) in [5.74, 6) is 0. The quantitative estimate of drug-likeness (QED) is 0.729. The normalized spacial score (nSPS) is 10.5. The number of aromatic nitrogens is 3. The van der Waals surface area contributed by atoms with Crippen LogP contribution in [0.3, 0.4) is 0 Å². The van der Waals surface area contributed by atoms with E-state index in [2.05, 4.69) is 15.0 Å². The van der Waals surface area contributed by atoms with E-state index in [9.17, 15) is 0 Å². The Bertz CT molecular complexity index is 295. The van der Waals surface area contributed by atoms with Gasteiger partial charge >= 0.3 is 6.01 Å². The molecule has 0 aliphatic rings. The van der Waals surface area contributed by atoms with E-state index < -0.39 is 0 Å². The summed E-state index contributed by atoms with van der Waals surface area (Å²) in [7, 11) is 0. The van der Waals surface area contributed by atoms with E-state index >= 15 is 0 Å². The fourth-order valence-corrected chi connectivity index (χ4v) is 1.22. The second-order valence-electron chi connectivity index (χ2n) is 2.54. The first-order valence-electron chi connectivity index (χ1n) is 3.74. The van der Waals surface area contributed by atoms with Crippen molar-refractivity contribution >= 4 is 23.4 Å². The molecule has 0 amide bonds. The number of thioether (sulfide) groups is 1. The minimum absolute atomic E-state index is 0.0353. The Morgan fingerprint density at radius 2 is 2.00 bits per heavy atom. The molecule has 0 aromatic carbocycles. The van der Waals surface area contributed by atoms with Gasteiger partial charge in [-0.2, -0.15) is 15.0 Å². The standard InChI is InChI=1S/C7H10ClN3OS/c1-4(2)12-6-9-5(8)10-7(11-6)13-3/h4H,1-3H3. The summed E-state index contributed by atoms with van der Waals surface area (Å²) in [6, 6.07) is 0.277. The predicted octanol–water partition coefficient (Wildman–Crippen LogP) is 2.03. The molecule has 0 saturated heterocycles. The van der Waals surface area contributed by atoms with Gasteiger partial charge in [-0.3, -0.25) is 0 Å². The van der Waals surface area contributed by atoms with Crippen molar-refractivity contribution in [1.82, 2.24) is 15.0 Å². The highest BCUT2D eigenvalue weighted by Gasteiger charge is 2.06. The number of nitrogens with zero attached hydrogens (tertiary/aromatic N) is 3. The molecule has 1 heterocycles. The fraction of sp³-hybridized carbons (Fsp3) is 0.571. The molecule has 6 heteroatoms. The predicted molar refractivity (Wildman–Crippen MR) is 52.4 cm³/mol. The van der Waals surface area contributed by atoms with Crippen molar-refractivity contribution in [2.45, 2.75) is 25.1 Å². The molecule has 0 aliphatic carbocycles. The van der Waals surface area contributed by atoms with E-state index in [-0.39, 0.29) is 17.4 Å². The summed E-state index contributed by atoms with van der Waals surface area (Å²) in [6.07, 6.45) is 1.90. The zero-order valence-corrected chi connectivity index (χ0v) is 9.19. The largest absolute Gasteiger partial charge is 0.461 e. The summed E-state index contributed by atoms with van der Waals surface area (Å²) in [6.45, 7) is 3.80. The molecule has 0 unspecified atom stereocenters. The van der Waals surface area contributed by atoms with Crippen LogP contribution >= 0.6 is 23.4 Å². The first-order valence-corrected chi connectivity index (χ1v) is 5.34. The minimum Gasteiger partial charge on any atom is -0.461 e. The average molecular weight is 220 g/mol. The first-order chi connectivity index (χ1) is 6.11. The van der Waals surface area contributed by atoms with Crippen LogP contribution in [-0.2, 0) is 0 Å². The fourth-order valence-electron chi connectivity index (χ4n) is 0.669. The maximum absolute atomic E-state index is 5.66. The third-order valence-electron chi connectivity index (χ3n) is 1.09. The highest BCUT2D eigenvalue weighted by molar-refractivity contribution is 7.98. The Labute approximate surface area is 86.1 Å². The first kappa shape index (κ1) is 10.5. The van der Waals surface area contributed by atoms with E-state index in [4.69, 9.17) is 16.3 Å². The number of halogens is 1. The zero-order chi connectivity index (χ0) is 9.84. The molecule has 1 aromatic rings. The van der Waals surface area contributed by atoms with Gasteiger partial charge in [0.05, 0.1) is 6.10 Å². The van der Waals surface area contributed by atoms with Crippen molar-refractivity contribution in [3.63, 3.8) is 0 Å². The van der Waals surface area contributed by atoms with Crippen molar-refractivity contribution in [2.24, 2.45) is 0 Å². The molecule has 1 rings (SSSR count). The van der Waals surface area contributed by atoms with Crippen molar-refractivity contribution in [1.29, 1.82) is 0 Å². The molecule has 72 valence electrons. The zero-order valence-electron chi connectivity index (χ0n) is 7.61. The van der Waals surface area contributed by atoms with Crippen LogP contribution in [0.4, 0.5) is 0 Å². The van der Waals surface area contributed by atoms with Crippen molar-refractivity contribution in [2.75, 3.05) is 6.26 Å². The van der Waals surface area contributed by atoms with Crippen molar-refractivity contribution in [3.05, 3.63) is 5.28 Å². The second kappa shape index (κ2) is 4.62. The molecule has 0 spiro atoms. The maximum Gasteiger partial charge on any atom is 0.321 e. The van der Waals surface area contributed by atoms with Gasteiger partial charge in [0.2, 0.25) is 5.28 Å². The van der Waals surface area contributed by atoms with Crippen LogP contribution in [0.25, 0.3) is 0 Å². The van der Waals surface area contributed by atoms with Gasteiger partial charge in [0, 0.05) is 0 Å². The topological polar surface area (TPSA) is 47.9 Å². The highest BCUT2D eigenvalue weighted by Crippen LogP contribution is 2.15. The molecule has 0 saturated carbocycles. The molecule has 4 nitrogen and oxygen atoms in total. The van der Waals surface area contributed by atoms with Crippen LogP contribution in [0.5, 0.6) is 6.01 Å². The molecule has 1 aromatic heterocycles. The van der Waals surface area contributed by atoms with Gasteiger partial charge < -0.3 is 4.74 Å². The van der Waals surface area contributed by atoms with Crippen LogP contribution in [0.2, 0.25) is 5.28 Å². The van der Waals surface area contributed by atoms with Gasteiger partial charge in [0.15, 0.2) is 5.16 Å². The third kappa shape index (κ3) is 3.36. The van der Waals surface area contributed by atoms with E-state index in [0.717, 1.165) is 0 Å². The summed E-state index contributed by atoms with van der Waals surface area (Å²) >= 11 is 7.05. The van der Waals surface area contributed by atoms with Gasteiger partial charge in [-0.25, -0.2) is 0 Å². The third-order valence-corrected chi connectivity index (χ3v) is 1.81. The Balaban J connectivity index is 2.88. The molecule has 0 N–H and O–H groups in total. The van der Waals surface area contributed by atoms with Gasteiger partial charge in [-0.1, -0.05) is 11.8 Å². The molecular weight excluding hydrogens is 210 g/mol. The SMILES string of the molecule is CSc1nc(Cl)nc(OC(C)C)n1. The Kier molecular flexibility index (Phi) is 3.74. The van der Waals surface area contributed by atoms with Crippen LogP contribution in [-0.4, -0.2) is 27.3 Å². The number of ether oxygens (including phenoxy) is 1. The average Bonchev–Trinajstić information content (AvgIpc) is 2.01. The van der Waals surface area contributed by atoms with Crippen LogP contribution in [0.15, 0.2) is 5.16 Å². The molecule has 13 heavy (non-hydrogen) atoms. The van der Waals surface area contributed by atoms with Crippen LogP contribution in [0, 0.1) is 0 Å². The number of rotatable bonds is 3. The molecule has 0 radical (unpaired) electrons. The Morgan fingerprint density at radius 1 is 1.31 bits per heavy atom. The minimum atomic E-state index is 0.0353. The highest BCUT2D eigenvalue weighted by atomic mass is 35.5. The van der Waals surface area contributed by atoms with Gasteiger partial charge in [0.25, 0.3) is 0 Å². The lowest BCUT2D eigenvalue weighted by atomic mass is 10.5. The van der Waals surface area contributed by atoms with Gasteiger partial charge in [-0.15, -0.1) is 0 Å². The van der Waals surface area contributed by atoms with E-state index in [1.807, 2.05) is 20.1 Å². The van der Waals surface area contributed by atoms with E-state index in [1.165, 1.54) is 11.8 Å². The van der Waals surface area contributed by atoms with Crippen LogP contribution in [0.1, 0.15) is 13.8 Å². The van der Waals surface area contributed by atoms with Crippen molar-refractivity contribution in [3.8, 4) is 6.01 Å². The van der Waals surface area contributed by atoms with Gasteiger partial charge in [0.1, 0.15) is 0 Å². The Hall–Kier alpha value is -0.550. The monoisotopic (exact) mass is 219 g/mol. The summed E-state index contributed by atoms with van der Waals surface area (Å²) in [5.41, 5.74) is 0. The number of hydrogen-bond acceptors (Lipinski definition) is 5. The Morgan fingerprint density at radius 3 is 2.54 bits per heavy atom. The molecule has 0 aliphatic heterocycles. The van der Waals surface area contributed by atoms with Crippen molar-refractivity contribution < 1.29 is 4.74 Å². The molecular formula is C7H10ClN3OS. The van der Waals surface area contributed by atoms with E-state index in [0.29, 0.717) is 5.16 Å². The molecule has 0 bridgehead atoms. The second-order valence-corrected chi connectivity index (χ2v) is 3.65. The summed E-state index contributed by atoms with van der Waals surface area (Å²) < 4.78 is 5.28. The number of hydrogen-bond donors (Lipinski definition) is 0. The van der Waals surface area contributed by atoms with E-state index in [1.54, 1.807) is 0 Å². The lowest BCUT2D eigenvalue weighted by Crippen LogP contribution is -2.09. The van der Waals surface area contributed by atoms with Crippen LogP contribution < -0.4 is 4.74 Å². The summed E-state index contributed by atoms with van der Waals surface area (Å²) in [4.78, 5) is 11.7. The molecule has 0 atom stereocenters. The maximum atomic E-state index is 5.66. The summed E-state index contributed by atoms with van der Waals surface area (Å²) in [5, 5.41) is 0.727. The smallest absolute Gasteiger partial charge is 0.321 e. The van der Waals surface area contributed by atoms with Gasteiger partial charge in [-0.05, 0) is 31.7 Å².